The number of rotatable bonds is 6. The predicted molar refractivity (Wildman–Crippen MR) is 106 cm³/mol. The van der Waals surface area contributed by atoms with Gasteiger partial charge in [-0.2, -0.15) is 0 Å². The van der Waals surface area contributed by atoms with Gasteiger partial charge in [-0.3, -0.25) is 4.79 Å². The van der Waals surface area contributed by atoms with E-state index in [1.807, 2.05) is 0 Å². The van der Waals surface area contributed by atoms with Crippen molar-refractivity contribution >= 4 is 31.9 Å². The Morgan fingerprint density at radius 3 is 2.41 bits per heavy atom. The maximum atomic E-state index is 13.7. The summed E-state index contributed by atoms with van der Waals surface area (Å²) in [5.41, 5.74) is 0. The molecule has 3 rings (SSSR count). The molecule has 0 bridgehead atoms. The Bertz CT molecular complexity index is 978. The van der Waals surface area contributed by atoms with Gasteiger partial charge in [-0.15, -0.1) is 0 Å². The third kappa shape index (κ3) is 5.74. The second-order valence-electron chi connectivity index (χ2n) is 6.59. The maximum Gasteiger partial charge on any atom is 0.260 e. The zero-order valence-corrected chi connectivity index (χ0v) is 17.7. The van der Waals surface area contributed by atoms with Crippen LogP contribution < -0.4 is 9.46 Å². The molecule has 0 spiro atoms. The molecule has 29 heavy (non-hydrogen) atoms. The zero-order valence-electron chi connectivity index (χ0n) is 15.3. The highest BCUT2D eigenvalue weighted by Crippen LogP contribution is 2.22. The minimum atomic E-state index is -3.76. The largest absolute Gasteiger partial charge is 0.481 e. The van der Waals surface area contributed by atoms with E-state index < -0.39 is 21.7 Å². The summed E-state index contributed by atoms with van der Waals surface area (Å²) in [5.74, 6) is -1.39. The lowest BCUT2D eigenvalue weighted by molar-refractivity contribution is -0.134. The molecule has 1 heterocycles. The summed E-state index contributed by atoms with van der Waals surface area (Å²) in [5, 5.41) is 0. The second kappa shape index (κ2) is 9.19. The number of sulfonamides is 1. The van der Waals surface area contributed by atoms with E-state index >= 15 is 0 Å². The van der Waals surface area contributed by atoms with E-state index in [0.29, 0.717) is 30.4 Å². The molecular formula is C19H19BrF2N2O4S. The van der Waals surface area contributed by atoms with Crippen molar-refractivity contribution in [3.63, 3.8) is 0 Å². The molecule has 10 heteroatoms. The van der Waals surface area contributed by atoms with Crippen molar-refractivity contribution in [1.29, 1.82) is 0 Å². The van der Waals surface area contributed by atoms with E-state index in [9.17, 15) is 22.0 Å². The first-order valence-corrected chi connectivity index (χ1v) is 11.2. The van der Waals surface area contributed by atoms with Crippen molar-refractivity contribution in [3.05, 3.63) is 58.6 Å². The van der Waals surface area contributed by atoms with E-state index in [4.69, 9.17) is 4.74 Å². The highest BCUT2D eigenvalue weighted by atomic mass is 79.9. The van der Waals surface area contributed by atoms with E-state index in [1.54, 1.807) is 11.0 Å². The van der Waals surface area contributed by atoms with Gasteiger partial charge >= 0.3 is 0 Å². The fourth-order valence-corrected chi connectivity index (χ4v) is 4.61. The van der Waals surface area contributed by atoms with Gasteiger partial charge < -0.3 is 9.64 Å². The third-order valence-corrected chi connectivity index (χ3v) is 6.57. The smallest absolute Gasteiger partial charge is 0.260 e. The number of nitrogens with zero attached hydrogens (tertiary/aromatic N) is 1. The normalized spacial score (nSPS) is 15.3. The first-order valence-electron chi connectivity index (χ1n) is 8.88. The number of piperidine rings is 1. The standard InChI is InChI=1S/C19H19BrF2N2O4S/c20-13-1-6-18(17(22)11-13)28-12-19(25)24-9-7-15(8-10-24)23-29(26,27)16-4-2-14(21)3-5-16/h1-6,11,15,23H,7-10,12H2. The topological polar surface area (TPSA) is 75.7 Å². The lowest BCUT2D eigenvalue weighted by Crippen LogP contribution is -2.47. The van der Waals surface area contributed by atoms with Crippen molar-refractivity contribution < 1.29 is 26.7 Å². The maximum absolute atomic E-state index is 13.7. The Morgan fingerprint density at radius 1 is 1.14 bits per heavy atom. The van der Waals surface area contributed by atoms with Gasteiger partial charge in [0.1, 0.15) is 5.82 Å². The van der Waals surface area contributed by atoms with E-state index in [2.05, 4.69) is 20.7 Å². The summed E-state index contributed by atoms with van der Waals surface area (Å²) in [6, 6.07) is 8.54. The minimum absolute atomic E-state index is 0.0107. The zero-order chi connectivity index (χ0) is 21.0. The SMILES string of the molecule is O=C(COc1ccc(Br)cc1F)N1CCC(NS(=O)(=O)c2ccc(F)cc2)CC1. The Labute approximate surface area is 176 Å². The van der Waals surface area contributed by atoms with Gasteiger partial charge in [-0.1, -0.05) is 15.9 Å². The molecule has 0 radical (unpaired) electrons. The molecule has 1 aliphatic heterocycles. The third-order valence-electron chi connectivity index (χ3n) is 4.54. The number of benzene rings is 2. The molecule has 0 aromatic heterocycles. The Kier molecular flexibility index (Phi) is 6.86. The number of carbonyl (C=O) groups is 1. The van der Waals surface area contributed by atoms with Crippen LogP contribution in [0.15, 0.2) is 51.8 Å². The Morgan fingerprint density at radius 2 is 1.79 bits per heavy atom. The van der Waals surface area contributed by atoms with Crippen LogP contribution in [0, 0.1) is 11.6 Å². The van der Waals surface area contributed by atoms with Crippen LogP contribution in [0.2, 0.25) is 0 Å². The lowest BCUT2D eigenvalue weighted by atomic mass is 10.1. The molecule has 1 saturated heterocycles. The molecule has 0 aliphatic carbocycles. The molecule has 1 aliphatic rings. The van der Waals surface area contributed by atoms with Gasteiger partial charge in [-0.05, 0) is 55.3 Å². The molecular weight excluding hydrogens is 470 g/mol. The summed E-state index contributed by atoms with van der Waals surface area (Å²) in [6.45, 7) is 0.397. The molecule has 2 aromatic rings. The Hall–Kier alpha value is -2.04. The van der Waals surface area contributed by atoms with Gasteiger partial charge in [0.2, 0.25) is 10.0 Å². The van der Waals surface area contributed by atoms with Crippen molar-refractivity contribution in [2.45, 2.75) is 23.8 Å². The van der Waals surface area contributed by atoms with Crippen LogP contribution in [0.3, 0.4) is 0 Å². The molecule has 0 atom stereocenters. The Balaban J connectivity index is 1.49. The van der Waals surface area contributed by atoms with Gasteiger partial charge in [0, 0.05) is 23.6 Å². The van der Waals surface area contributed by atoms with Crippen LogP contribution in [0.1, 0.15) is 12.8 Å². The van der Waals surface area contributed by atoms with Crippen LogP contribution in [0.5, 0.6) is 5.75 Å². The second-order valence-corrected chi connectivity index (χ2v) is 9.22. The highest BCUT2D eigenvalue weighted by Gasteiger charge is 2.27. The van der Waals surface area contributed by atoms with E-state index in [1.165, 1.54) is 24.3 Å². The number of carbonyl (C=O) groups excluding carboxylic acids is 1. The van der Waals surface area contributed by atoms with E-state index in [0.717, 1.165) is 12.1 Å². The van der Waals surface area contributed by atoms with Crippen molar-refractivity contribution in [2.75, 3.05) is 19.7 Å². The van der Waals surface area contributed by atoms with Crippen molar-refractivity contribution in [1.82, 2.24) is 9.62 Å². The number of hydrogen-bond donors (Lipinski definition) is 1. The molecule has 2 aromatic carbocycles. The van der Waals surface area contributed by atoms with Crippen LogP contribution in [-0.4, -0.2) is 45.0 Å². The number of likely N-dealkylation sites (tertiary alicyclic amines) is 1. The molecule has 0 unspecified atom stereocenters. The summed E-state index contributed by atoms with van der Waals surface area (Å²) in [7, 11) is -3.76. The minimum Gasteiger partial charge on any atom is -0.481 e. The number of amides is 1. The van der Waals surface area contributed by atoms with Crippen LogP contribution in [0.25, 0.3) is 0 Å². The highest BCUT2D eigenvalue weighted by molar-refractivity contribution is 9.10. The van der Waals surface area contributed by atoms with Gasteiger partial charge in [-0.25, -0.2) is 21.9 Å². The van der Waals surface area contributed by atoms with Crippen LogP contribution in [0.4, 0.5) is 8.78 Å². The van der Waals surface area contributed by atoms with Crippen molar-refractivity contribution in [2.24, 2.45) is 0 Å². The van der Waals surface area contributed by atoms with Gasteiger partial charge in [0.05, 0.1) is 4.90 Å². The monoisotopic (exact) mass is 488 g/mol. The molecule has 1 fully saturated rings. The molecule has 6 nitrogen and oxygen atoms in total. The number of halogens is 3. The molecule has 0 saturated carbocycles. The average Bonchev–Trinajstić information content (AvgIpc) is 2.68. The first-order chi connectivity index (χ1) is 13.7. The molecule has 1 N–H and O–H groups in total. The molecule has 1 amide bonds. The summed E-state index contributed by atoms with van der Waals surface area (Å²) >= 11 is 3.15. The van der Waals surface area contributed by atoms with Gasteiger partial charge in [0.25, 0.3) is 5.91 Å². The number of nitrogens with one attached hydrogen (secondary N) is 1. The molecule has 156 valence electrons. The lowest BCUT2D eigenvalue weighted by Gasteiger charge is -2.32. The first kappa shape index (κ1) is 21.7. The predicted octanol–water partition coefficient (Wildman–Crippen LogP) is 3.08. The van der Waals surface area contributed by atoms with Crippen LogP contribution in [-0.2, 0) is 14.8 Å². The number of hydrogen-bond acceptors (Lipinski definition) is 4. The van der Waals surface area contributed by atoms with Crippen LogP contribution >= 0.6 is 15.9 Å². The summed E-state index contributed by atoms with van der Waals surface area (Å²) in [4.78, 5) is 13.8. The fraction of sp³-hybridized carbons (Fsp3) is 0.316. The van der Waals surface area contributed by atoms with E-state index in [-0.39, 0.29) is 29.2 Å². The summed E-state index contributed by atoms with van der Waals surface area (Å²) < 4.78 is 59.9. The van der Waals surface area contributed by atoms with Gasteiger partial charge in [0.15, 0.2) is 18.2 Å². The average molecular weight is 489 g/mol. The summed E-state index contributed by atoms with van der Waals surface area (Å²) in [6.07, 6.45) is 0.859. The number of ether oxygens (including phenoxy) is 1. The van der Waals surface area contributed by atoms with Crippen molar-refractivity contribution in [3.8, 4) is 5.75 Å². The quantitative estimate of drug-likeness (QED) is 0.677. The fourth-order valence-electron chi connectivity index (χ4n) is 2.97.